The van der Waals surface area contributed by atoms with Crippen LogP contribution in [0.5, 0.6) is 0 Å². The quantitative estimate of drug-likeness (QED) is 0.444. The Bertz CT molecular complexity index is 779. The topological polar surface area (TPSA) is 65.1 Å². The number of rotatable bonds is 3. The fourth-order valence-corrected chi connectivity index (χ4v) is 3.60. The van der Waals surface area contributed by atoms with Crippen LogP contribution in [0.25, 0.3) is 11.1 Å². The highest BCUT2D eigenvalue weighted by molar-refractivity contribution is 6.34. The van der Waals surface area contributed by atoms with Crippen molar-refractivity contribution in [3.05, 3.63) is 52.5 Å². The van der Waals surface area contributed by atoms with E-state index >= 15 is 0 Å². The first kappa shape index (κ1) is 17.8. The van der Waals surface area contributed by atoms with E-state index in [1.807, 2.05) is 24.3 Å². The predicted octanol–water partition coefficient (Wildman–Crippen LogP) is 3.91. The number of nitrogen functional groups attached to an aromatic ring is 1. The number of nitrogens with zero attached hydrogens (tertiary/aromatic N) is 1. The molecule has 0 aliphatic carbocycles. The predicted molar refractivity (Wildman–Crippen MR) is 107 cm³/mol. The average Bonchev–Trinajstić information content (AvgIpc) is 2.58. The van der Waals surface area contributed by atoms with Gasteiger partial charge >= 0.3 is 0 Å². The number of benzene rings is 2. The highest BCUT2D eigenvalue weighted by atomic mass is 35.5. The summed E-state index contributed by atoms with van der Waals surface area (Å²) >= 11 is 6.44. The SMILES string of the molecule is Cc1ccccc1-c1cc(C(=N)NC2CCN(C)CC2)c(N)cc1Cl. The van der Waals surface area contributed by atoms with Gasteiger partial charge < -0.3 is 16.0 Å². The Morgan fingerprint density at radius 1 is 1.20 bits per heavy atom. The maximum Gasteiger partial charge on any atom is 0.127 e. The van der Waals surface area contributed by atoms with Gasteiger partial charge in [0, 0.05) is 22.9 Å². The van der Waals surface area contributed by atoms with Gasteiger partial charge in [-0.2, -0.15) is 0 Å². The minimum Gasteiger partial charge on any atom is -0.398 e. The van der Waals surface area contributed by atoms with Crippen molar-refractivity contribution in [2.45, 2.75) is 25.8 Å². The Hall–Kier alpha value is -2.04. The highest BCUT2D eigenvalue weighted by Crippen LogP contribution is 2.33. The van der Waals surface area contributed by atoms with Crippen LogP contribution in [0.2, 0.25) is 5.02 Å². The summed E-state index contributed by atoms with van der Waals surface area (Å²) in [5, 5.41) is 12.4. The fraction of sp³-hybridized carbons (Fsp3) is 0.350. The molecule has 0 aromatic heterocycles. The standard InChI is InChI=1S/C20H25ClN4/c1-13-5-3-4-6-15(13)16-11-17(19(22)12-18(16)21)20(23)24-14-7-9-25(2)10-8-14/h3-6,11-12,14H,7-10,22H2,1-2H3,(H2,23,24). The molecule has 1 aliphatic rings. The molecular weight excluding hydrogens is 332 g/mol. The zero-order valence-corrected chi connectivity index (χ0v) is 15.5. The number of likely N-dealkylation sites (tertiary alicyclic amines) is 1. The Labute approximate surface area is 154 Å². The minimum absolute atomic E-state index is 0.320. The molecule has 0 saturated carbocycles. The van der Waals surface area contributed by atoms with Crippen LogP contribution in [0, 0.1) is 12.3 Å². The Kier molecular flexibility index (Phi) is 5.30. The lowest BCUT2D eigenvalue weighted by molar-refractivity contribution is 0.247. The summed E-state index contributed by atoms with van der Waals surface area (Å²) in [7, 11) is 2.13. The molecule has 2 aromatic carbocycles. The summed E-state index contributed by atoms with van der Waals surface area (Å²) in [5.41, 5.74) is 10.5. The van der Waals surface area contributed by atoms with E-state index in [2.05, 4.69) is 30.3 Å². The van der Waals surface area contributed by atoms with Crippen LogP contribution >= 0.6 is 11.6 Å². The summed E-state index contributed by atoms with van der Waals surface area (Å²) < 4.78 is 0. The van der Waals surface area contributed by atoms with Gasteiger partial charge in [-0.25, -0.2) is 0 Å². The van der Waals surface area contributed by atoms with E-state index in [1.165, 1.54) is 0 Å². The van der Waals surface area contributed by atoms with Crippen LogP contribution in [0.1, 0.15) is 24.0 Å². The first-order chi connectivity index (χ1) is 12.0. The van der Waals surface area contributed by atoms with Crippen molar-refractivity contribution in [3.63, 3.8) is 0 Å². The lowest BCUT2D eigenvalue weighted by atomic mass is 9.97. The van der Waals surface area contributed by atoms with E-state index in [-0.39, 0.29) is 0 Å². The number of halogens is 1. The van der Waals surface area contributed by atoms with Gasteiger partial charge in [-0.05, 0) is 63.2 Å². The van der Waals surface area contributed by atoms with Crippen LogP contribution in [0.15, 0.2) is 36.4 Å². The summed E-state index contributed by atoms with van der Waals surface area (Å²) in [6.45, 7) is 4.16. The molecule has 0 radical (unpaired) electrons. The van der Waals surface area contributed by atoms with Crippen molar-refractivity contribution in [1.82, 2.24) is 10.2 Å². The first-order valence-corrected chi connectivity index (χ1v) is 9.02. The van der Waals surface area contributed by atoms with E-state index in [9.17, 15) is 0 Å². The number of amidine groups is 1. The van der Waals surface area contributed by atoms with Gasteiger partial charge in [-0.3, -0.25) is 5.41 Å². The second-order valence-corrected chi connectivity index (χ2v) is 7.24. The molecule has 3 rings (SSSR count). The molecule has 0 atom stereocenters. The molecule has 1 aliphatic heterocycles. The number of piperidine rings is 1. The molecule has 5 heteroatoms. The zero-order valence-electron chi connectivity index (χ0n) is 14.8. The summed E-state index contributed by atoms with van der Waals surface area (Å²) in [4.78, 5) is 2.31. The van der Waals surface area contributed by atoms with Crippen LogP contribution in [-0.4, -0.2) is 36.9 Å². The van der Waals surface area contributed by atoms with Crippen LogP contribution in [0.4, 0.5) is 5.69 Å². The van der Waals surface area contributed by atoms with Crippen molar-refractivity contribution in [2.75, 3.05) is 25.9 Å². The van der Waals surface area contributed by atoms with Gasteiger partial charge in [-0.1, -0.05) is 35.9 Å². The second kappa shape index (κ2) is 7.46. The number of hydrogen-bond donors (Lipinski definition) is 3. The Balaban J connectivity index is 1.87. The van der Waals surface area contributed by atoms with Gasteiger partial charge in [0.15, 0.2) is 0 Å². The summed E-state index contributed by atoms with van der Waals surface area (Å²) in [6.07, 6.45) is 2.08. The number of hydrogen-bond acceptors (Lipinski definition) is 3. The number of nitrogens with one attached hydrogen (secondary N) is 2. The number of nitrogens with two attached hydrogens (primary N) is 1. The van der Waals surface area contributed by atoms with Crippen molar-refractivity contribution in [2.24, 2.45) is 0 Å². The first-order valence-electron chi connectivity index (χ1n) is 8.64. The molecule has 1 fully saturated rings. The molecule has 25 heavy (non-hydrogen) atoms. The lowest BCUT2D eigenvalue weighted by Gasteiger charge is -2.30. The lowest BCUT2D eigenvalue weighted by Crippen LogP contribution is -2.43. The maximum atomic E-state index is 8.49. The summed E-state index contributed by atoms with van der Waals surface area (Å²) in [6, 6.07) is 12.1. The van der Waals surface area contributed by atoms with Crippen LogP contribution in [-0.2, 0) is 0 Å². The van der Waals surface area contributed by atoms with Gasteiger partial charge in [-0.15, -0.1) is 0 Å². The Morgan fingerprint density at radius 3 is 2.56 bits per heavy atom. The number of aryl methyl sites for hydroxylation is 1. The third-order valence-electron chi connectivity index (χ3n) is 4.91. The molecule has 2 aromatic rings. The molecule has 4 N–H and O–H groups in total. The molecule has 0 amide bonds. The molecule has 0 unspecified atom stereocenters. The van der Waals surface area contributed by atoms with Crippen LogP contribution in [0.3, 0.4) is 0 Å². The number of anilines is 1. The van der Waals surface area contributed by atoms with E-state index in [1.54, 1.807) is 6.07 Å². The third kappa shape index (κ3) is 3.97. The fourth-order valence-electron chi connectivity index (χ4n) is 3.32. The van der Waals surface area contributed by atoms with E-state index in [0.29, 0.717) is 28.2 Å². The molecule has 0 spiro atoms. The van der Waals surface area contributed by atoms with Gasteiger partial charge in [0.2, 0.25) is 0 Å². The second-order valence-electron chi connectivity index (χ2n) is 6.83. The van der Waals surface area contributed by atoms with Crippen molar-refractivity contribution < 1.29 is 0 Å². The van der Waals surface area contributed by atoms with Crippen LogP contribution < -0.4 is 11.1 Å². The summed E-state index contributed by atoms with van der Waals surface area (Å²) in [5.74, 6) is 0.374. The molecule has 1 saturated heterocycles. The van der Waals surface area contributed by atoms with E-state index in [4.69, 9.17) is 22.7 Å². The van der Waals surface area contributed by atoms with Crippen molar-refractivity contribution >= 4 is 23.1 Å². The highest BCUT2D eigenvalue weighted by Gasteiger charge is 2.19. The molecule has 0 bridgehead atoms. The molecule has 132 valence electrons. The van der Waals surface area contributed by atoms with E-state index in [0.717, 1.165) is 42.6 Å². The third-order valence-corrected chi connectivity index (χ3v) is 5.22. The normalized spacial score (nSPS) is 16.0. The zero-order chi connectivity index (χ0) is 18.0. The van der Waals surface area contributed by atoms with E-state index < -0.39 is 0 Å². The molecule has 4 nitrogen and oxygen atoms in total. The van der Waals surface area contributed by atoms with Gasteiger partial charge in [0.1, 0.15) is 5.84 Å². The Morgan fingerprint density at radius 2 is 1.88 bits per heavy atom. The smallest absolute Gasteiger partial charge is 0.127 e. The average molecular weight is 357 g/mol. The largest absolute Gasteiger partial charge is 0.398 e. The molecular formula is C20H25ClN4. The molecule has 1 heterocycles. The minimum atomic E-state index is 0.320. The van der Waals surface area contributed by atoms with Crippen molar-refractivity contribution in [3.8, 4) is 11.1 Å². The monoisotopic (exact) mass is 356 g/mol. The maximum absolute atomic E-state index is 8.49. The van der Waals surface area contributed by atoms with Gasteiger partial charge in [0.25, 0.3) is 0 Å². The van der Waals surface area contributed by atoms with Gasteiger partial charge in [0.05, 0.1) is 5.02 Å². The van der Waals surface area contributed by atoms with Crippen molar-refractivity contribution in [1.29, 1.82) is 5.41 Å².